The molecule has 1 saturated heterocycles. The van der Waals surface area contributed by atoms with E-state index in [9.17, 15) is 4.79 Å². The lowest BCUT2D eigenvalue weighted by molar-refractivity contribution is -0.123. The van der Waals surface area contributed by atoms with Crippen molar-refractivity contribution in [1.82, 2.24) is 25.9 Å². The van der Waals surface area contributed by atoms with Gasteiger partial charge in [0.15, 0.2) is 0 Å². The van der Waals surface area contributed by atoms with Crippen molar-refractivity contribution in [2.24, 2.45) is 0 Å². The Morgan fingerprint density at radius 1 is 1.14 bits per heavy atom. The van der Waals surface area contributed by atoms with Gasteiger partial charge in [0.2, 0.25) is 5.91 Å². The van der Waals surface area contributed by atoms with Crippen LogP contribution in [0.15, 0.2) is 67.0 Å². The molecule has 2 heterocycles. The second kappa shape index (κ2) is 8.37. The first-order valence-corrected chi connectivity index (χ1v) is 9.62. The standard InChI is InChI=1S/C22H25N5O/c1-16-13-21(26-25-16)22(28)23-14-19-5-2-3-6-20(19)18-9-7-17(8-10-18)15-27-12-4-11-24-27/h2-12,16,21,25-26H,13-15H2,1H3,(H,23,28). The first-order chi connectivity index (χ1) is 13.7. The van der Waals surface area contributed by atoms with Crippen LogP contribution in [0.2, 0.25) is 0 Å². The minimum atomic E-state index is -0.177. The van der Waals surface area contributed by atoms with Gasteiger partial charge in [-0.3, -0.25) is 14.9 Å². The minimum Gasteiger partial charge on any atom is -0.351 e. The number of aromatic nitrogens is 2. The van der Waals surface area contributed by atoms with Crippen LogP contribution < -0.4 is 16.2 Å². The largest absolute Gasteiger partial charge is 0.351 e. The molecule has 144 valence electrons. The number of nitrogens with zero attached hydrogens (tertiary/aromatic N) is 2. The Kier molecular flexibility index (Phi) is 5.50. The van der Waals surface area contributed by atoms with E-state index in [4.69, 9.17) is 0 Å². The molecule has 1 aliphatic rings. The van der Waals surface area contributed by atoms with Crippen LogP contribution in [0.5, 0.6) is 0 Å². The van der Waals surface area contributed by atoms with Crippen LogP contribution in [0.4, 0.5) is 0 Å². The number of carbonyl (C=O) groups is 1. The molecule has 2 unspecified atom stereocenters. The van der Waals surface area contributed by atoms with Gasteiger partial charge in [0.1, 0.15) is 6.04 Å². The van der Waals surface area contributed by atoms with E-state index in [2.05, 4.69) is 64.6 Å². The molecular weight excluding hydrogens is 350 g/mol. The van der Waals surface area contributed by atoms with Crippen molar-refractivity contribution in [3.63, 3.8) is 0 Å². The molecule has 3 aromatic rings. The Bertz CT molecular complexity index is 920. The molecule has 6 heteroatoms. The number of carbonyl (C=O) groups excluding carboxylic acids is 1. The Hall–Kier alpha value is -2.96. The lowest BCUT2D eigenvalue weighted by Crippen LogP contribution is -2.43. The van der Waals surface area contributed by atoms with Crippen molar-refractivity contribution >= 4 is 5.91 Å². The average molecular weight is 375 g/mol. The lowest BCUT2D eigenvalue weighted by Gasteiger charge is -2.14. The maximum atomic E-state index is 12.4. The number of hydrogen-bond acceptors (Lipinski definition) is 4. The first kappa shape index (κ1) is 18.4. The second-order valence-corrected chi connectivity index (χ2v) is 7.25. The summed E-state index contributed by atoms with van der Waals surface area (Å²) in [4.78, 5) is 12.4. The van der Waals surface area contributed by atoms with Gasteiger partial charge in [-0.2, -0.15) is 5.10 Å². The summed E-state index contributed by atoms with van der Waals surface area (Å²) >= 11 is 0. The molecule has 2 atom stereocenters. The van der Waals surface area contributed by atoms with Gasteiger partial charge in [-0.05, 0) is 41.7 Å². The SMILES string of the molecule is CC1CC(C(=O)NCc2ccccc2-c2ccc(Cn3cccn3)cc2)NN1. The Morgan fingerprint density at radius 2 is 1.96 bits per heavy atom. The summed E-state index contributed by atoms with van der Waals surface area (Å²) in [5.41, 5.74) is 10.7. The van der Waals surface area contributed by atoms with Crippen LogP contribution in [0.3, 0.4) is 0 Å². The van der Waals surface area contributed by atoms with Crippen molar-refractivity contribution in [2.45, 2.75) is 38.5 Å². The van der Waals surface area contributed by atoms with Gasteiger partial charge in [-0.1, -0.05) is 48.5 Å². The molecule has 0 saturated carbocycles. The summed E-state index contributed by atoms with van der Waals surface area (Å²) in [6.45, 7) is 3.33. The molecule has 4 rings (SSSR count). The fourth-order valence-corrected chi connectivity index (χ4v) is 3.52. The molecule has 6 nitrogen and oxygen atoms in total. The fraction of sp³-hybridized carbons (Fsp3) is 0.273. The van der Waals surface area contributed by atoms with Crippen molar-refractivity contribution in [3.05, 3.63) is 78.1 Å². The predicted molar refractivity (Wildman–Crippen MR) is 109 cm³/mol. The van der Waals surface area contributed by atoms with Gasteiger partial charge >= 0.3 is 0 Å². The van der Waals surface area contributed by atoms with Crippen LogP contribution in [-0.2, 0) is 17.9 Å². The van der Waals surface area contributed by atoms with Crippen molar-refractivity contribution < 1.29 is 4.79 Å². The third-order valence-corrected chi connectivity index (χ3v) is 5.05. The highest BCUT2D eigenvalue weighted by Gasteiger charge is 2.26. The summed E-state index contributed by atoms with van der Waals surface area (Å²) < 4.78 is 1.91. The predicted octanol–water partition coefficient (Wildman–Crippen LogP) is 2.47. The Balaban J connectivity index is 1.44. The third kappa shape index (κ3) is 4.30. The summed E-state index contributed by atoms with van der Waals surface area (Å²) in [6, 6.07) is 18.8. The zero-order chi connectivity index (χ0) is 19.3. The van der Waals surface area contributed by atoms with Gasteiger partial charge in [-0.15, -0.1) is 0 Å². The molecule has 0 spiro atoms. The molecule has 2 aromatic carbocycles. The van der Waals surface area contributed by atoms with E-state index in [1.807, 2.05) is 29.1 Å². The summed E-state index contributed by atoms with van der Waals surface area (Å²) in [7, 11) is 0. The molecule has 1 aromatic heterocycles. The van der Waals surface area contributed by atoms with Gasteiger partial charge in [0.05, 0.1) is 6.54 Å². The maximum absolute atomic E-state index is 12.4. The number of hydrazine groups is 1. The highest BCUT2D eigenvalue weighted by atomic mass is 16.2. The van der Waals surface area contributed by atoms with Crippen LogP contribution in [0.25, 0.3) is 11.1 Å². The van der Waals surface area contributed by atoms with Crippen LogP contribution in [0.1, 0.15) is 24.5 Å². The highest BCUT2D eigenvalue weighted by Crippen LogP contribution is 2.24. The van der Waals surface area contributed by atoms with Crippen LogP contribution >= 0.6 is 0 Å². The van der Waals surface area contributed by atoms with E-state index < -0.39 is 0 Å². The molecule has 0 bridgehead atoms. The topological polar surface area (TPSA) is 71.0 Å². The smallest absolute Gasteiger partial charge is 0.238 e. The fourth-order valence-electron chi connectivity index (χ4n) is 3.52. The van der Waals surface area contributed by atoms with Gasteiger partial charge in [0.25, 0.3) is 0 Å². The van der Waals surface area contributed by atoms with E-state index in [-0.39, 0.29) is 11.9 Å². The summed E-state index contributed by atoms with van der Waals surface area (Å²) in [5, 5.41) is 7.31. The normalized spacial score (nSPS) is 18.9. The first-order valence-electron chi connectivity index (χ1n) is 9.62. The van der Waals surface area contributed by atoms with E-state index in [0.29, 0.717) is 12.6 Å². The quantitative estimate of drug-likeness (QED) is 0.619. The second-order valence-electron chi connectivity index (χ2n) is 7.25. The van der Waals surface area contributed by atoms with Crippen LogP contribution in [-0.4, -0.2) is 27.8 Å². The van der Waals surface area contributed by atoms with E-state index in [1.54, 1.807) is 6.20 Å². The lowest BCUT2D eigenvalue weighted by atomic mass is 9.98. The number of hydrogen-bond donors (Lipinski definition) is 3. The van der Waals surface area contributed by atoms with Crippen molar-refractivity contribution in [3.8, 4) is 11.1 Å². The van der Waals surface area contributed by atoms with E-state index in [1.165, 1.54) is 5.56 Å². The van der Waals surface area contributed by atoms with E-state index in [0.717, 1.165) is 29.7 Å². The van der Waals surface area contributed by atoms with Crippen molar-refractivity contribution in [1.29, 1.82) is 0 Å². The number of rotatable bonds is 6. The molecule has 3 N–H and O–H groups in total. The maximum Gasteiger partial charge on any atom is 0.238 e. The monoisotopic (exact) mass is 375 g/mol. The Labute approximate surface area is 164 Å². The van der Waals surface area contributed by atoms with Gasteiger partial charge in [-0.25, -0.2) is 5.43 Å². The van der Waals surface area contributed by atoms with Crippen molar-refractivity contribution in [2.75, 3.05) is 0 Å². The number of nitrogens with one attached hydrogen (secondary N) is 3. The summed E-state index contributed by atoms with van der Waals surface area (Å²) in [5.74, 6) is 0.0289. The molecule has 1 amide bonds. The zero-order valence-electron chi connectivity index (χ0n) is 15.9. The van der Waals surface area contributed by atoms with E-state index >= 15 is 0 Å². The third-order valence-electron chi connectivity index (χ3n) is 5.05. The van der Waals surface area contributed by atoms with Gasteiger partial charge < -0.3 is 5.32 Å². The zero-order valence-corrected chi connectivity index (χ0v) is 15.9. The van der Waals surface area contributed by atoms with Gasteiger partial charge in [0, 0.05) is 25.0 Å². The minimum absolute atomic E-state index is 0.0289. The molecule has 1 aliphatic heterocycles. The molecule has 28 heavy (non-hydrogen) atoms. The number of benzene rings is 2. The molecular formula is C22H25N5O. The molecule has 0 aliphatic carbocycles. The molecule has 1 fully saturated rings. The molecule has 0 radical (unpaired) electrons. The summed E-state index contributed by atoms with van der Waals surface area (Å²) in [6.07, 6.45) is 4.54. The Morgan fingerprint density at radius 3 is 2.68 bits per heavy atom. The average Bonchev–Trinajstić information content (AvgIpc) is 3.39. The number of amides is 1. The van der Waals surface area contributed by atoms with Crippen LogP contribution in [0, 0.1) is 0 Å². The highest BCUT2D eigenvalue weighted by molar-refractivity contribution is 5.82.